The molecule has 0 radical (unpaired) electrons. The normalized spacial score (nSPS) is 13.2. The SMILES string of the molecule is CC(O[P+](=O)[O-])C(=O)[O-].[Na+]. The summed E-state index contributed by atoms with van der Waals surface area (Å²) in [6.45, 7) is 1.07. The van der Waals surface area contributed by atoms with Gasteiger partial charge in [-0.3, -0.25) is 0 Å². The van der Waals surface area contributed by atoms with Crippen LogP contribution in [0.4, 0.5) is 0 Å². The van der Waals surface area contributed by atoms with Gasteiger partial charge in [0.05, 0.1) is 5.97 Å². The summed E-state index contributed by atoms with van der Waals surface area (Å²) >= 11 is 0. The summed E-state index contributed by atoms with van der Waals surface area (Å²) in [4.78, 5) is 19.4. The molecule has 0 saturated heterocycles. The fourth-order valence-corrected chi connectivity index (χ4v) is 0.516. The molecule has 0 aromatic carbocycles. The molecule has 52 valence electrons. The van der Waals surface area contributed by atoms with Gasteiger partial charge >= 0.3 is 37.8 Å². The van der Waals surface area contributed by atoms with Crippen molar-refractivity contribution in [1.82, 2.24) is 0 Å². The molecular formula is C3H4NaO5P. The first kappa shape index (κ1) is 13.1. The maximum absolute atomic E-state index is 9.73. The van der Waals surface area contributed by atoms with Crippen molar-refractivity contribution in [3.05, 3.63) is 0 Å². The van der Waals surface area contributed by atoms with Crippen LogP contribution in [0.2, 0.25) is 0 Å². The molecule has 2 atom stereocenters. The van der Waals surface area contributed by atoms with Gasteiger partial charge in [-0.1, -0.05) is 0 Å². The van der Waals surface area contributed by atoms with Gasteiger partial charge in [0.15, 0.2) is 0 Å². The number of hydrogen-bond acceptors (Lipinski definition) is 5. The summed E-state index contributed by atoms with van der Waals surface area (Å²) in [5, 5.41) is 9.73. The minimum atomic E-state index is -3.09. The second kappa shape index (κ2) is 6.22. The third-order valence-electron chi connectivity index (χ3n) is 0.576. The number of carbonyl (C=O) groups excluding carboxylic acids is 1. The summed E-state index contributed by atoms with van der Waals surface area (Å²) in [7, 11) is -3.09. The third-order valence-corrected chi connectivity index (χ3v) is 1.06. The van der Waals surface area contributed by atoms with Crippen molar-refractivity contribution in [1.29, 1.82) is 0 Å². The Kier molecular flexibility index (Phi) is 8.15. The molecule has 0 saturated carbocycles. The standard InChI is InChI=1S/C3H5O5P.Na/c1-2(3(4)5)8-9(6)7;/h2H,1H3,(H,4,5);/q;+1/p-1. The molecule has 0 aliphatic rings. The Morgan fingerprint density at radius 2 is 2.10 bits per heavy atom. The topological polar surface area (TPSA) is 89.5 Å². The average Bonchev–Trinajstić information content (AvgIpc) is 1.63. The van der Waals surface area contributed by atoms with E-state index < -0.39 is 20.3 Å². The van der Waals surface area contributed by atoms with Crippen LogP contribution in [0.25, 0.3) is 0 Å². The van der Waals surface area contributed by atoms with E-state index in [1.807, 2.05) is 0 Å². The van der Waals surface area contributed by atoms with Gasteiger partial charge in [-0.2, -0.15) is 0 Å². The number of hydrogen-bond donors (Lipinski definition) is 0. The molecule has 7 heteroatoms. The molecule has 0 bridgehead atoms. The monoisotopic (exact) mass is 174 g/mol. The van der Waals surface area contributed by atoms with Gasteiger partial charge in [0, 0.05) is 0 Å². The number of aliphatic carboxylic acids is 1. The van der Waals surface area contributed by atoms with E-state index in [2.05, 4.69) is 4.52 Å². The predicted molar refractivity (Wildman–Crippen MR) is 23.2 cm³/mol. The number of carbonyl (C=O) groups is 1. The van der Waals surface area contributed by atoms with Gasteiger partial charge in [-0.15, -0.1) is 4.52 Å². The molecule has 0 aliphatic carbocycles. The maximum Gasteiger partial charge on any atom is 1.00 e. The average molecular weight is 174 g/mol. The maximum atomic E-state index is 9.73. The Bertz CT molecular complexity index is 137. The Hall–Kier alpha value is 0.490. The van der Waals surface area contributed by atoms with E-state index in [0.29, 0.717) is 0 Å². The smallest absolute Gasteiger partial charge is 0.566 e. The van der Waals surface area contributed by atoms with E-state index in [1.54, 1.807) is 0 Å². The Balaban J connectivity index is 0. The predicted octanol–water partition coefficient (Wildman–Crippen LogP) is -4.84. The van der Waals surface area contributed by atoms with Crippen molar-refractivity contribution in [3.8, 4) is 0 Å². The molecular weight excluding hydrogens is 170 g/mol. The van der Waals surface area contributed by atoms with Crippen LogP contribution < -0.4 is 39.6 Å². The molecule has 2 unspecified atom stereocenters. The zero-order valence-electron chi connectivity index (χ0n) is 5.57. The van der Waals surface area contributed by atoms with E-state index in [4.69, 9.17) is 0 Å². The van der Waals surface area contributed by atoms with Crippen molar-refractivity contribution in [3.63, 3.8) is 0 Å². The molecule has 0 spiro atoms. The zero-order valence-corrected chi connectivity index (χ0v) is 8.46. The first-order chi connectivity index (χ1) is 4.04. The summed E-state index contributed by atoms with van der Waals surface area (Å²) < 4.78 is 13.4. The molecule has 0 aliphatic heterocycles. The fraction of sp³-hybridized carbons (Fsp3) is 0.667. The minimum Gasteiger partial charge on any atom is -0.566 e. The fourth-order valence-electron chi connectivity index (χ4n) is 0.172. The summed E-state index contributed by atoms with van der Waals surface area (Å²) in [5.74, 6) is -1.55. The van der Waals surface area contributed by atoms with Gasteiger partial charge in [0.2, 0.25) is 0 Å². The van der Waals surface area contributed by atoms with E-state index in [9.17, 15) is 19.4 Å². The first-order valence-corrected chi connectivity index (χ1v) is 3.15. The molecule has 0 amide bonds. The Morgan fingerprint density at radius 3 is 2.20 bits per heavy atom. The minimum absolute atomic E-state index is 0. The summed E-state index contributed by atoms with van der Waals surface area (Å²) in [6.07, 6.45) is -1.40. The van der Waals surface area contributed by atoms with Crippen LogP contribution in [0.1, 0.15) is 6.92 Å². The molecule has 5 nitrogen and oxygen atoms in total. The Morgan fingerprint density at radius 1 is 1.70 bits per heavy atom. The van der Waals surface area contributed by atoms with Crippen LogP contribution in [-0.2, 0) is 13.9 Å². The summed E-state index contributed by atoms with van der Waals surface area (Å²) in [6, 6.07) is 0. The van der Waals surface area contributed by atoms with Crippen molar-refractivity contribution >= 4 is 14.2 Å². The molecule has 0 fully saturated rings. The number of carboxylic acid groups (broad SMARTS) is 1. The second-order valence-corrected chi connectivity index (χ2v) is 1.95. The van der Waals surface area contributed by atoms with Crippen molar-refractivity contribution in [2.75, 3.05) is 0 Å². The largest absolute Gasteiger partial charge is 1.00 e. The zero-order chi connectivity index (χ0) is 7.44. The van der Waals surface area contributed by atoms with E-state index in [-0.39, 0.29) is 29.6 Å². The third kappa shape index (κ3) is 6.61. The number of carboxylic acids is 1. The van der Waals surface area contributed by atoms with Gasteiger partial charge in [-0.25, -0.2) is 0 Å². The summed E-state index contributed by atoms with van der Waals surface area (Å²) in [5.41, 5.74) is 0. The number of rotatable bonds is 3. The molecule has 0 N–H and O–H groups in total. The van der Waals surface area contributed by atoms with E-state index >= 15 is 0 Å². The van der Waals surface area contributed by atoms with Gasteiger partial charge in [0.1, 0.15) is 6.10 Å². The van der Waals surface area contributed by atoms with Crippen LogP contribution >= 0.6 is 8.25 Å². The van der Waals surface area contributed by atoms with Gasteiger partial charge < -0.3 is 14.8 Å². The van der Waals surface area contributed by atoms with Crippen LogP contribution in [0.3, 0.4) is 0 Å². The first-order valence-electron chi connectivity index (χ1n) is 2.06. The van der Waals surface area contributed by atoms with E-state index in [1.165, 1.54) is 0 Å². The second-order valence-electron chi connectivity index (χ2n) is 1.29. The quantitative estimate of drug-likeness (QED) is 0.316. The molecule has 0 aromatic rings. The molecule has 10 heavy (non-hydrogen) atoms. The van der Waals surface area contributed by atoms with Crippen molar-refractivity contribution < 1.29 is 53.4 Å². The van der Waals surface area contributed by atoms with Crippen molar-refractivity contribution in [2.45, 2.75) is 13.0 Å². The Labute approximate surface area is 80.6 Å². The molecule has 0 heterocycles. The van der Waals surface area contributed by atoms with Crippen LogP contribution in [-0.4, -0.2) is 12.1 Å². The van der Waals surface area contributed by atoms with E-state index in [0.717, 1.165) is 6.92 Å². The van der Waals surface area contributed by atoms with Crippen LogP contribution in [0.5, 0.6) is 0 Å². The van der Waals surface area contributed by atoms with Crippen LogP contribution in [0, 0.1) is 0 Å². The molecule has 0 rings (SSSR count). The van der Waals surface area contributed by atoms with Gasteiger partial charge in [-0.05, 0) is 11.5 Å². The van der Waals surface area contributed by atoms with Crippen molar-refractivity contribution in [2.24, 2.45) is 0 Å². The van der Waals surface area contributed by atoms with Gasteiger partial charge in [0.25, 0.3) is 0 Å². The molecule has 0 aromatic heterocycles. The van der Waals surface area contributed by atoms with Crippen LogP contribution in [0.15, 0.2) is 0 Å².